The van der Waals surface area contributed by atoms with Crippen LogP contribution >= 0.6 is 0 Å². The molecule has 142 valence electrons. The number of carbonyl (C=O) groups excluding carboxylic acids is 2. The third-order valence-corrected chi connectivity index (χ3v) is 4.88. The van der Waals surface area contributed by atoms with Crippen LogP contribution in [-0.4, -0.2) is 73.9 Å². The molecule has 0 atom stereocenters. The Morgan fingerprint density at radius 3 is 2.20 bits per heavy atom. The number of hydrogen-bond donors (Lipinski definition) is 2. The van der Waals surface area contributed by atoms with Crippen LogP contribution in [-0.2, 0) is 9.59 Å². The molecule has 7 nitrogen and oxygen atoms in total. The summed E-state index contributed by atoms with van der Waals surface area (Å²) < 4.78 is 0. The molecule has 0 aromatic heterocycles. The Morgan fingerprint density at radius 2 is 1.56 bits per heavy atom. The highest BCUT2D eigenvalue weighted by atomic mass is 16.2. The number of piperidine rings is 1. The summed E-state index contributed by atoms with van der Waals surface area (Å²) >= 11 is 0. The molecule has 25 heavy (non-hydrogen) atoms. The van der Waals surface area contributed by atoms with Crippen LogP contribution in [0.1, 0.15) is 51.4 Å². The van der Waals surface area contributed by atoms with Crippen LogP contribution < -0.4 is 10.6 Å². The molecule has 2 fully saturated rings. The maximum atomic E-state index is 11.8. The van der Waals surface area contributed by atoms with E-state index >= 15 is 0 Å². The highest BCUT2D eigenvalue weighted by molar-refractivity contribution is 5.97. The highest BCUT2D eigenvalue weighted by Crippen LogP contribution is 2.11. The molecule has 0 unspecified atom stereocenters. The van der Waals surface area contributed by atoms with Gasteiger partial charge in [0.1, 0.15) is 0 Å². The number of likely N-dealkylation sites (tertiary alicyclic amines) is 2. The topological polar surface area (TPSA) is 77.0 Å². The first-order valence-corrected chi connectivity index (χ1v) is 9.71. The van der Waals surface area contributed by atoms with Crippen molar-refractivity contribution >= 4 is 17.8 Å². The zero-order valence-corrected chi connectivity index (χ0v) is 15.6. The van der Waals surface area contributed by atoms with E-state index < -0.39 is 0 Å². The second kappa shape index (κ2) is 11.1. The number of aliphatic imine (C=N–C) groups is 1. The van der Waals surface area contributed by atoms with E-state index in [-0.39, 0.29) is 11.8 Å². The maximum Gasteiger partial charge on any atom is 0.229 e. The van der Waals surface area contributed by atoms with Gasteiger partial charge in [-0.3, -0.25) is 19.5 Å². The minimum absolute atomic E-state index is 0.0570. The third-order valence-electron chi connectivity index (χ3n) is 4.88. The van der Waals surface area contributed by atoms with Crippen molar-refractivity contribution in [3.63, 3.8) is 0 Å². The normalized spacial score (nSPS) is 20.5. The lowest BCUT2D eigenvalue weighted by Crippen LogP contribution is -2.46. The zero-order chi connectivity index (χ0) is 17.9. The molecule has 2 rings (SSSR count). The Bertz CT molecular complexity index is 442. The van der Waals surface area contributed by atoms with Gasteiger partial charge in [0, 0.05) is 39.5 Å². The Balaban J connectivity index is 1.58. The minimum Gasteiger partial charge on any atom is -0.356 e. The van der Waals surface area contributed by atoms with Crippen molar-refractivity contribution in [2.75, 3.05) is 46.3 Å². The number of nitrogens with zero attached hydrogens (tertiary/aromatic N) is 3. The van der Waals surface area contributed by atoms with Crippen LogP contribution in [0.5, 0.6) is 0 Å². The average molecular weight is 351 g/mol. The van der Waals surface area contributed by atoms with Crippen LogP contribution in [0.4, 0.5) is 0 Å². The van der Waals surface area contributed by atoms with Gasteiger partial charge >= 0.3 is 0 Å². The fourth-order valence-corrected chi connectivity index (χ4v) is 3.43. The molecule has 0 aromatic carbocycles. The van der Waals surface area contributed by atoms with E-state index in [4.69, 9.17) is 0 Å². The summed E-state index contributed by atoms with van der Waals surface area (Å²) in [5.41, 5.74) is 0. The van der Waals surface area contributed by atoms with Gasteiger partial charge in [-0.2, -0.15) is 0 Å². The number of amides is 2. The first kappa shape index (κ1) is 19.7. The maximum absolute atomic E-state index is 11.8. The van der Waals surface area contributed by atoms with Gasteiger partial charge in [-0.15, -0.1) is 0 Å². The van der Waals surface area contributed by atoms with Gasteiger partial charge in [-0.1, -0.05) is 12.8 Å². The van der Waals surface area contributed by atoms with Gasteiger partial charge in [0.15, 0.2) is 5.96 Å². The predicted molar refractivity (Wildman–Crippen MR) is 99.5 cm³/mol. The van der Waals surface area contributed by atoms with Gasteiger partial charge in [-0.25, -0.2) is 0 Å². The van der Waals surface area contributed by atoms with E-state index in [0.717, 1.165) is 25.5 Å². The molecule has 2 saturated heterocycles. The monoisotopic (exact) mass is 351 g/mol. The molecular weight excluding hydrogens is 318 g/mol. The Kier molecular flexibility index (Phi) is 8.72. The van der Waals surface area contributed by atoms with E-state index in [1.807, 2.05) is 0 Å². The Morgan fingerprint density at radius 1 is 0.920 bits per heavy atom. The predicted octanol–water partition coefficient (Wildman–Crippen LogP) is 0.957. The Hall–Kier alpha value is -1.63. The van der Waals surface area contributed by atoms with E-state index in [1.165, 1.54) is 43.7 Å². The van der Waals surface area contributed by atoms with Crippen molar-refractivity contribution in [3.8, 4) is 0 Å². The first-order valence-electron chi connectivity index (χ1n) is 9.71. The molecule has 2 N–H and O–H groups in total. The number of imide groups is 1. The highest BCUT2D eigenvalue weighted by Gasteiger charge is 2.25. The third kappa shape index (κ3) is 7.02. The summed E-state index contributed by atoms with van der Waals surface area (Å²) in [6.45, 7) is 5.39. The second-order valence-electron chi connectivity index (χ2n) is 6.83. The fourth-order valence-electron chi connectivity index (χ4n) is 3.43. The second-order valence-corrected chi connectivity index (χ2v) is 6.83. The molecule has 0 spiro atoms. The lowest BCUT2D eigenvalue weighted by Gasteiger charge is -2.25. The van der Waals surface area contributed by atoms with E-state index in [2.05, 4.69) is 20.5 Å². The Labute approximate surface area is 151 Å². The van der Waals surface area contributed by atoms with Crippen LogP contribution in [0.2, 0.25) is 0 Å². The van der Waals surface area contributed by atoms with Crippen molar-refractivity contribution in [1.29, 1.82) is 0 Å². The van der Waals surface area contributed by atoms with Crippen molar-refractivity contribution < 1.29 is 9.59 Å². The van der Waals surface area contributed by atoms with Gasteiger partial charge in [0.05, 0.1) is 0 Å². The quantitative estimate of drug-likeness (QED) is 0.309. The number of carbonyl (C=O) groups is 2. The first-order chi connectivity index (χ1) is 12.2. The molecule has 2 heterocycles. The van der Waals surface area contributed by atoms with Crippen LogP contribution in [0.25, 0.3) is 0 Å². The smallest absolute Gasteiger partial charge is 0.229 e. The SMILES string of the molecule is CN=C(NCCCN1CCCCCC1)NCCN1C(=O)CCCC1=O. The van der Waals surface area contributed by atoms with Crippen molar-refractivity contribution in [2.24, 2.45) is 4.99 Å². The molecule has 7 heteroatoms. The molecule has 2 aliphatic rings. The summed E-state index contributed by atoms with van der Waals surface area (Å²) in [6, 6.07) is 0. The molecule has 0 bridgehead atoms. The summed E-state index contributed by atoms with van der Waals surface area (Å²) in [4.78, 5) is 31.6. The summed E-state index contributed by atoms with van der Waals surface area (Å²) in [5, 5.41) is 6.49. The molecule has 0 aliphatic carbocycles. The summed E-state index contributed by atoms with van der Waals surface area (Å²) in [7, 11) is 1.74. The van der Waals surface area contributed by atoms with Crippen LogP contribution in [0.15, 0.2) is 4.99 Å². The standard InChI is InChI=1S/C18H33N5O2/c1-19-18(20-10-7-14-22-12-4-2-3-5-13-22)21-11-15-23-16(24)8-6-9-17(23)25/h2-15H2,1H3,(H2,19,20,21). The summed E-state index contributed by atoms with van der Waals surface area (Å²) in [6.07, 6.45) is 8.12. The van der Waals surface area contributed by atoms with Crippen molar-refractivity contribution in [1.82, 2.24) is 20.4 Å². The number of hydrogen-bond acceptors (Lipinski definition) is 4. The fraction of sp³-hybridized carbons (Fsp3) is 0.833. The van der Waals surface area contributed by atoms with Crippen molar-refractivity contribution in [3.05, 3.63) is 0 Å². The lowest BCUT2D eigenvalue weighted by atomic mass is 10.1. The van der Waals surface area contributed by atoms with Gasteiger partial charge < -0.3 is 15.5 Å². The van der Waals surface area contributed by atoms with E-state index in [1.54, 1.807) is 7.05 Å². The number of rotatable bonds is 7. The van der Waals surface area contributed by atoms with Gasteiger partial charge in [0.2, 0.25) is 11.8 Å². The molecule has 0 saturated carbocycles. The molecule has 0 radical (unpaired) electrons. The largest absolute Gasteiger partial charge is 0.356 e. The van der Waals surface area contributed by atoms with Gasteiger partial charge in [-0.05, 0) is 45.3 Å². The average Bonchev–Trinajstić information content (AvgIpc) is 2.88. The molecular formula is C18H33N5O2. The van der Waals surface area contributed by atoms with Crippen molar-refractivity contribution in [2.45, 2.75) is 51.4 Å². The number of guanidine groups is 1. The van der Waals surface area contributed by atoms with E-state index in [9.17, 15) is 9.59 Å². The molecule has 2 aliphatic heterocycles. The van der Waals surface area contributed by atoms with Crippen LogP contribution in [0.3, 0.4) is 0 Å². The minimum atomic E-state index is -0.0570. The van der Waals surface area contributed by atoms with Gasteiger partial charge in [0.25, 0.3) is 0 Å². The number of nitrogens with one attached hydrogen (secondary N) is 2. The zero-order valence-electron chi connectivity index (χ0n) is 15.6. The summed E-state index contributed by atoms with van der Waals surface area (Å²) in [5.74, 6) is 0.615. The molecule has 0 aromatic rings. The molecule has 2 amide bonds. The van der Waals surface area contributed by atoms with E-state index in [0.29, 0.717) is 32.4 Å². The lowest BCUT2D eigenvalue weighted by molar-refractivity contribution is -0.147. The van der Waals surface area contributed by atoms with Crippen LogP contribution in [0, 0.1) is 0 Å².